The number of fused-ring (bicyclic) bond motifs is 1. The minimum Gasteiger partial charge on any atom is -0.479 e. The van der Waals surface area contributed by atoms with Gasteiger partial charge in [0.25, 0.3) is 0 Å². The molecule has 2 aromatic rings. The van der Waals surface area contributed by atoms with Gasteiger partial charge in [0.2, 0.25) is 5.78 Å². The lowest BCUT2D eigenvalue weighted by Gasteiger charge is -2.18. The summed E-state index contributed by atoms with van der Waals surface area (Å²) in [4.78, 5) is 12.5. The number of ether oxygens (including phenoxy) is 2. The topological polar surface area (TPSA) is 59.3 Å². The van der Waals surface area contributed by atoms with Crippen LogP contribution in [0.4, 0.5) is 0 Å². The first-order valence-electron chi connectivity index (χ1n) is 8.07. The molecule has 0 unspecified atom stereocenters. The van der Waals surface area contributed by atoms with Crippen LogP contribution >= 0.6 is 0 Å². The van der Waals surface area contributed by atoms with Gasteiger partial charge in [0.1, 0.15) is 17.6 Å². The fourth-order valence-corrected chi connectivity index (χ4v) is 2.60. The van der Waals surface area contributed by atoms with Gasteiger partial charge in [-0.15, -0.1) is 0 Å². The van der Waals surface area contributed by atoms with Crippen molar-refractivity contribution in [2.45, 2.75) is 26.2 Å². The molecule has 0 saturated heterocycles. The molecule has 0 fully saturated rings. The van der Waals surface area contributed by atoms with Crippen molar-refractivity contribution in [3.63, 3.8) is 0 Å². The largest absolute Gasteiger partial charge is 0.479 e. The van der Waals surface area contributed by atoms with Crippen molar-refractivity contribution in [1.82, 2.24) is 0 Å². The molecule has 1 aliphatic heterocycles. The van der Waals surface area contributed by atoms with Gasteiger partial charge in [-0.25, -0.2) is 0 Å². The Balaban J connectivity index is 1.83. The van der Waals surface area contributed by atoms with E-state index < -0.39 is 0 Å². The van der Waals surface area contributed by atoms with E-state index in [2.05, 4.69) is 32.9 Å². The summed E-state index contributed by atoms with van der Waals surface area (Å²) in [5.74, 6) is 1.10. The summed E-state index contributed by atoms with van der Waals surface area (Å²) in [6.45, 7) is 6.43. The van der Waals surface area contributed by atoms with Crippen molar-refractivity contribution in [2.75, 3.05) is 6.61 Å². The Morgan fingerprint density at radius 1 is 1.16 bits per heavy atom. The maximum atomic E-state index is 12.5. The Kier molecular flexibility index (Phi) is 4.33. The Morgan fingerprint density at radius 3 is 2.52 bits per heavy atom. The first kappa shape index (κ1) is 16.8. The van der Waals surface area contributed by atoms with E-state index in [0.29, 0.717) is 17.1 Å². The smallest absolute Gasteiger partial charge is 0.231 e. The fourth-order valence-electron chi connectivity index (χ4n) is 2.60. The summed E-state index contributed by atoms with van der Waals surface area (Å²) < 4.78 is 10.9. The SMILES string of the molecule is CC(C)(C)c1ccc(C=C2Oc3cc(OCC#N)ccc3C2=O)cc1. The molecule has 0 radical (unpaired) electrons. The highest BCUT2D eigenvalue weighted by Gasteiger charge is 2.27. The third-order valence-electron chi connectivity index (χ3n) is 4.02. The van der Waals surface area contributed by atoms with Gasteiger partial charge in [-0.2, -0.15) is 5.26 Å². The van der Waals surface area contributed by atoms with Crippen LogP contribution in [0.5, 0.6) is 11.5 Å². The molecule has 0 amide bonds. The normalized spacial score (nSPS) is 14.8. The standard InChI is InChI=1S/C21H19NO3/c1-21(2,3)15-6-4-14(5-7-15)12-19-20(23)17-9-8-16(24-11-10-22)13-18(17)25-19/h4-9,12-13H,11H2,1-3H3. The third kappa shape index (κ3) is 3.56. The molecule has 126 valence electrons. The molecule has 0 saturated carbocycles. The van der Waals surface area contributed by atoms with Crippen LogP contribution in [0, 0.1) is 11.3 Å². The lowest BCUT2D eigenvalue weighted by molar-refractivity contribution is 0.101. The highest BCUT2D eigenvalue weighted by molar-refractivity contribution is 6.14. The zero-order valence-electron chi connectivity index (χ0n) is 14.5. The third-order valence-corrected chi connectivity index (χ3v) is 4.02. The predicted octanol–water partition coefficient (Wildman–Crippen LogP) is 4.50. The Bertz CT molecular complexity index is 881. The van der Waals surface area contributed by atoms with Crippen molar-refractivity contribution < 1.29 is 14.3 Å². The number of Topliss-reactive ketones (excluding diaryl/α,β-unsaturated/α-hetero) is 1. The lowest BCUT2D eigenvalue weighted by Crippen LogP contribution is -2.10. The zero-order chi connectivity index (χ0) is 18.0. The van der Waals surface area contributed by atoms with Crippen LogP contribution in [-0.4, -0.2) is 12.4 Å². The Morgan fingerprint density at radius 2 is 1.88 bits per heavy atom. The van der Waals surface area contributed by atoms with E-state index in [9.17, 15) is 4.79 Å². The van der Waals surface area contributed by atoms with Crippen LogP contribution in [0.2, 0.25) is 0 Å². The van der Waals surface area contributed by atoms with Crippen LogP contribution in [0.3, 0.4) is 0 Å². The van der Waals surface area contributed by atoms with Crippen molar-refractivity contribution in [1.29, 1.82) is 5.26 Å². The highest BCUT2D eigenvalue weighted by atomic mass is 16.5. The van der Waals surface area contributed by atoms with Crippen LogP contribution in [-0.2, 0) is 5.41 Å². The van der Waals surface area contributed by atoms with Crippen molar-refractivity contribution >= 4 is 11.9 Å². The summed E-state index contributed by atoms with van der Waals surface area (Å²) in [6, 6.07) is 15.0. The quantitative estimate of drug-likeness (QED) is 0.776. The zero-order valence-corrected chi connectivity index (χ0v) is 14.5. The van der Waals surface area contributed by atoms with Gasteiger partial charge in [-0.1, -0.05) is 45.0 Å². The molecular formula is C21H19NO3. The van der Waals surface area contributed by atoms with Crippen LogP contribution in [0.15, 0.2) is 48.2 Å². The number of ketones is 1. The number of carbonyl (C=O) groups is 1. The monoisotopic (exact) mass is 333 g/mol. The highest BCUT2D eigenvalue weighted by Crippen LogP contribution is 2.35. The summed E-state index contributed by atoms with van der Waals surface area (Å²) in [6.07, 6.45) is 1.74. The van der Waals surface area contributed by atoms with E-state index in [1.807, 2.05) is 18.2 Å². The summed E-state index contributed by atoms with van der Waals surface area (Å²) in [7, 11) is 0. The van der Waals surface area contributed by atoms with E-state index in [4.69, 9.17) is 14.7 Å². The maximum absolute atomic E-state index is 12.5. The van der Waals surface area contributed by atoms with Gasteiger partial charge in [0.05, 0.1) is 5.56 Å². The number of nitriles is 1. The summed E-state index contributed by atoms with van der Waals surface area (Å²) in [5, 5.41) is 8.57. The molecule has 0 N–H and O–H groups in total. The van der Waals surface area contributed by atoms with Gasteiger partial charge in [0.15, 0.2) is 12.4 Å². The average Bonchev–Trinajstić information content (AvgIpc) is 2.88. The lowest BCUT2D eigenvalue weighted by atomic mass is 9.86. The van der Waals surface area contributed by atoms with E-state index in [1.165, 1.54) is 5.56 Å². The van der Waals surface area contributed by atoms with Gasteiger partial charge < -0.3 is 9.47 Å². The van der Waals surface area contributed by atoms with Crippen LogP contribution in [0.25, 0.3) is 6.08 Å². The van der Waals surface area contributed by atoms with Gasteiger partial charge >= 0.3 is 0 Å². The molecule has 0 bridgehead atoms. The molecule has 1 heterocycles. The van der Waals surface area contributed by atoms with Crippen molar-refractivity contribution in [3.05, 3.63) is 64.9 Å². The molecule has 1 aliphatic rings. The van der Waals surface area contributed by atoms with E-state index in [0.717, 1.165) is 5.56 Å². The predicted molar refractivity (Wildman–Crippen MR) is 95.6 cm³/mol. The fraction of sp³-hybridized carbons (Fsp3) is 0.238. The number of hydrogen-bond donors (Lipinski definition) is 0. The second-order valence-electron chi connectivity index (χ2n) is 6.92. The summed E-state index contributed by atoms with van der Waals surface area (Å²) >= 11 is 0. The minimum atomic E-state index is -0.151. The molecule has 25 heavy (non-hydrogen) atoms. The van der Waals surface area contributed by atoms with E-state index in [1.54, 1.807) is 24.3 Å². The molecule has 4 nitrogen and oxygen atoms in total. The molecule has 0 aliphatic carbocycles. The number of benzene rings is 2. The molecule has 0 atom stereocenters. The number of allylic oxidation sites excluding steroid dienone is 1. The van der Waals surface area contributed by atoms with Crippen molar-refractivity contribution in [3.8, 4) is 17.6 Å². The van der Waals surface area contributed by atoms with Gasteiger partial charge in [0, 0.05) is 6.07 Å². The van der Waals surface area contributed by atoms with Gasteiger partial charge in [-0.05, 0) is 34.8 Å². The van der Waals surface area contributed by atoms with E-state index in [-0.39, 0.29) is 23.6 Å². The summed E-state index contributed by atoms with van der Waals surface area (Å²) in [5.41, 5.74) is 2.73. The second-order valence-corrected chi connectivity index (χ2v) is 6.92. The Hall–Kier alpha value is -3.06. The van der Waals surface area contributed by atoms with Crippen LogP contribution in [0.1, 0.15) is 42.3 Å². The first-order chi connectivity index (χ1) is 11.9. The van der Waals surface area contributed by atoms with Crippen LogP contribution < -0.4 is 9.47 Å². The molecule has 2 aromatic carbocycles. The van der Waals surface area contributed by atoms with Gasteiger partial charge in [-0.3, -0.25) is 4.79 Å². The Labute approximate surface area is 147 Å². The average molecular weight is 333 g/mol. The second kappa shape index (κ2) is 6.45. The van der Waals surface area contributed by atoms with E-state index >= 15 is 0 Å². The minimum absolute atomic E-state index is 0.0461. The number of nitrogens with zero attached hydrogens (tertiary/aromatic N) is 1. The first-order valence-corrected chi connectivity index (χ1v) is 8.07. The molecule has 0 aromatic heterocycles. The number of hydrogen-bond acceptors (Lipinski definition) is 4. The number of rotatable bonds is 3. The maximum Gasteiger partial charge on any atom is 0.231 e. The molecule has 0 spiro atoms. The molecule has 3 rings (SSSR count). The molecule has 4 heteroatoms. The molecular weight excluding hydrogens is 314 g/mol. The number of carbonyl (C=O) groups excluding carboxylic acids is 1. The van der Waals surface area contributed by atoms with Crippen molar-refractivity contribution in [2.24, 2.45) is 0 Å².